The van der Waals surface area contributed by atoms with Crippen molar-refractivity contribution in [2.75, 3.05) is 5.32 Å². The highest BCUT2D eigenvalue weighted by molar-refractivity contribution is 6.04. The molecule has 0 radical (unpaired) electrons. The number of amides is 1. The minimum atomic E-state index is -0.672. The molecular formula is C15H14N6O3. The molecule has 1 aromatic carbocycles. The van der Waals surface area contributed by atoms with Crippen LogP contribution in [0.3, 0.4) is 0 Å². The first-order valence-corrected chi connectivity index (χ1v) is 7.11. The third kappa shape index (κ3) is 3.29. The maximum atomic E-state index is 12.1. The summed E-state index contributed by atoms with van der Waals surface area (Å²) < 4.78 is 1.67. The summed E-state index contributed by atoms with van der Waals surface area (Å²) in [4.78, 5) is 22.2. The van der Waals surface area contributed by atoms with Gasteiger partial charge in [-0.1, -0.05) is 29.8 Å². The van der Waals surface area contributed by atoms with Crippen LogP contribution in [0.25, 0.3) is 0 Å². The molecule has 0 aliphatic rings. The normalized spacial score (nSPS) is 10.5. The Hall–Kier alpha value is -3.49. The van der Waals surface area contributed by atoms with E-state index in [1.165, 1.54) is 5.56 Å². The first-order valence-electron chi connectivity index (χ1n) is 7.11. The molecule has 2 N–H and O–H groups in total. The largest absolute Gasteiger partial charge is 0.319 e. The molecule has 3 aromatic rings. The van der Waals surface area contributed by atoms with Gasteiger partial charge in [0.15, 0.2) is 5.82 Å². The summed E-state index contributed by atoms with van der Waals surface area (Å²) in [6.07, 6.45) is 2.71. The summed E-state index contributed by atoms with van der Waals surface area (Å²) in [6.45, 7) is 2.57. The van der Waals surface area contributed by atoms with Gasteiger partial charge in [-0.15, -0.1) is 0 Å². The fraction of sp³-hybridized carbons (Fsp3) is 0.133. The number of aromatic amines is 1. The van der Waals surface area contributed by atoms with E-state index in [0.717, 1.165) is 11.8 Å². The lowest BCUT2D eigenvalue weighted by molar-refractivity contribution is -0.385. The Kier molecular flexibility index (Phi) is 4.06. The van der Waals surface area contributed by atoms with Crippen molar-refractivity contribution < 1.29 is 9.72 Å². The minimum Gasteiger partial charge on any atom is -0.304 e. The first-order chi connectivity index (χ1) is 11.5. The van der Waals surface area contributed by atoms with Gasteiger partial charge < -0.3 is 5.32 Å². The van der Waals surface area contributed by atoms with Gasteiger partial charge in [0.1, 0.15) is 6.20 Å². The predicted molar refractivity (Wildman–Crippen MR) is 85.7 cm³/mol. The molecule has 0 atom stereocenters. The molecule has 0 saturated carbocycles. The number of carbonyl (C=O) groups excluding carboxylic acids is 1. The molecule has 3 rings (SSSR count). The van der Waals surface area contributed by atoms with Crippen molar-refractivity contribution in [3.63, 3.8) is 0 Å². The molecule has 1 amide bonds. The van der Waals surface area contributed by atoms with Crippen LogP contribution in [-0.2, 0) is 6.54 Å². The number of benzene rings is 1. The van der Waals surface area contributed by atoms with Crippen molar-refractivity contribution in [3.8, 4) is 0 Å². The standard InChI is InChI=1S/C15H14N6O3/c1-10-2-4-11(5-3-10)9-20-7-6-13(19-20)17-15(22)14-12(21(23)24)8-16-18-14/h2-8H,9H2,1H3,(H,16,18)(H,17,19,22). The number of nitrogens with zero attached hydrogens (tertiary/aromatic N) is 4. The molecule has 0 aliphatic heterocycles. The molecule has 0 saturated heterocycles. The zero-order valence-corrected chi connectivity index (χ0v) is 12.8. The number of anilines is 1. The number of aromatic nitrogens is 4. The monoisotopic (exact) mass is 326 g/mol. The highest BCUT2D eigenvalue weighted by Gasteiger charge is 2.23. The van der Waals surface area contributed by atoms with Gasteiger partial charge in [0.2, 0.25) is 5.69 Å². The number of carbonyl (C=O) groups is 1. The average Bonchev–Trinajstić information content (AvgIpc) is 3.19. The molecule has 0 bridgehead atoms. The van der Waals surface area contributed by atoms with E-state index in [9.17, 15) is 14.9 Å². The Bertz CT molecular complexity index is 881. The Morgan fingerprint density at radius 1 is 1.33 bits per heavy atom. The lowest BCUT2D eigenvalue weighted by atomic mass is 10.1. The van der Waals surface area contributed by atoms with Crippen LogP contribution in [0.5, 0.6) is 0 Å². The van der Waals surface area contributed by atoms with Crippen LogP contribution in [0.1, 0.15) is 21.6 Å². The topological polar surface area (TPSA) is 119 Å². The highest BCUT2D eigenvalue weighted by Crippen LogP contribution is 2.16. The number of H-pyrrole nitrogens is 1. The second-order valence-corrected chi connectivity index (χ2v) is 5.23. The Morgan fingerprint density at radius 2 is 2.08 bits per heavy atom. The molecule has 0 spiro atoms. The van der Waals surface area contributed by atoms with Crippen molar-refractivity contribution in [3.05, 3.63) is 69.7 Å². The van der Waals surface area contributed by atoms with Crippen LogP contribution in [0, 0.1) is 17.0 Å². The van der Waals surface area contributed by atoms with Gasteiger partial charge in [-0.05, 0) is 12.5 Å². The summed E-state index contributed by atoms with van der Waals surface area (Å²) in [5.74, 6) is -0.365. The number of aryl methyl sites for hydroxylation is 1. The SMILES string of the molecule is Cc1ccc(Cn2ccc(NC(=O)c3[nH]ncc3[N+](=O)[O-])n2)cc1. The smallest absolute Gasteiger partial charge is 0.304 e. The van der Waals surface area contributed by atoms with E-state index in [1.807, 2.05) is 31.2 Å². The lowest BCUT2D eigenvalue weighted by Gasteiger charge is -2.03. The zero-order valence-electron chi connectivity index (χ0n) is 12.8. The van der Waals surface area contributed by atoms with E-state index in [2.05, 4.69) is 20.6 Å². The average molecular weight is 326 g/mol. The van der Waals surface area contributed by atoms with Gasteiger partial charge in [0.25, 0.3) is 5.91 Å². The lowest BCUT2D eigenvalue weighted by Crippen LogP contribution is -2.15. The molecule has 9 nitrogen and oxygen atoms in total. The van der Waals surface area contributed by atoms with Gasteiger partial charge in [0, 0.05) is 12.3 Å². The summed E-state index contributed by atoms with van der Waals surface area (Å²) in [5.41, 5.74) is 1.65. The number of rotatable bonds is 5. The number of nitrogens with one attached hydrogen (secondary N) is 2. The number of hydrogen-bond donors (Lipinski definition) is 2. The number of nitro groups is 1. The Morgan fingerprint density at radius 3 is 2.79 bits per heavy atom. The third-order valence-electron chi connectivity index (χ3n) is 3.39. The summed E-state index contributed by atoms with van der Waals surface area (Å²) >= 11 is 0. The van der Waals surface area contributed by atoms with Crippen molar-refractivity contribution in [1.29, 1.82) is 0 Å². The molecule has 24 heavy (non-hydrogen) atoms. The van der Waals surface area contributed by atoms with Gasteiger partial charge in [-0.2, -0.15) is 10.2 Å². The summed E-state index contributed by atoms with van der Waals surface area (Å²) in [7, 11) is 0. The van der Waals surface area contributed by atoms with Crippen LogP contribution in [0.15, 0.2) is 42.7 Å². The Balaban J connectivity index is 1.69. The third-order valence-corrected chi connectivity index (χ3v) is 3.39. The molecule has 0 aliphatic carbocycles. The van der Waals surface area contributed by atoms with Crippen molar-refractivity contribution in [1.82, 2.24) is 20.0 Å². The van der Waals surface area contributed by atoms with Crippen LogP contribution in [-0.4, -0.2) is 30.8 Å². The minimum absolute atomic E-state index is 0.215. The molecule has 9 heteroatoms. The molecule has 122 valence electrons. The van der Waals surface area contributed by atoms with Crippen LogP contribution in [0.2, 0.25) is 0 Å². The van der Waals surface area contributed by atoms with Gasteiger partial charge in [0.05, 0.1) is 11.5 Å². The van der Waals surface area contributed by atoms with Gasteiger partial charge in [-0.3, -0.25) is 24.7 Å². The Labute approximate surface area is 136 Å². The van der Waals surface area contributed by atoms with Crippen molar-refractivity contribution in [2.24, 2.45) is 0 Å². The zero-order chi connectivity index (χ0) is 17.1. The van der Waals surface area contributed by atoms with Crippen molar-refractivity contribution in [2.45, 2.75) is 13.5 Å². The number of hydrogen-bond acceptors (Lipinski definition) is 5. The first kappa shape index (κ1) is 15.4. The van der Waals surface area contributed by atoms with Gasteiger partial charge >= 0.3 is 5.69 Å². The highest BCUT2D eigenvalue weighted by atomic mass is 16.6. The second kappa shape index (κ2) is 6.32. The second-order valence-electron chi connectivity index (χ2n) is 5.23. The van der Waals surface area contributed by atoms with Gasteiger partial charge in [-0.25, -0.2) is 0 Å². The molecule has 0 unspecified atom stereocenters. The van der Waals surface area contributed by atoms with Crippen molar-refractivity contribution >= 4 is 17.4 Å². The van der Waals surface area contributed by atoms with E-state index in [4.69, 9.17) is 0 Å². The summed E-state index contributed by atoms with van der Waals surface area (Å²) in [5, 5.41) is 23.4. The fourth-order valence-electron chi connectivity index (χ4n) is 2.16. The predicted octanol–water partition coefficient (Wildman–Crippen LogP) is 2.12. The van der Waals surface area contributed by atoms with E-state index >= 15 is 0 Å². The van der Waals surface area contributed by atoms with Crippen LogP contribution in [0.4, 0.5) is 11.5 Å². The van der Waals surface area contributed by atoms with Crippen LogP contribution >= 0.6 is 0 Å². The quantitative estimate of drug-likeness (QED) is 0.550. The molecule has 2 aromatic heterocycles. The molecular weight excluding hydrogens is 312 g/mol. The van der Waals surface area contributed by atoms with E-state index in [0.29, 0.717) is 12.4 Å². The fourth-order valence-corrected chi connectivity index (χ4v) is 2.16. The summed E-state index contributed by atoms with van der Waals surface area (Å²) in [6, 6.07) is 9.65. The maximum Gasteiger partial charge on any atom is 0.319 e. The van der Waals surface area contributed by atoms with E-state index in [-0.39, 0.29) is 11.4 Å². The maximum absolute atomic E-state index is 12.1. The molecule has 2 heterocycles. The van der Waals surface area contributed by atoms with E-state index in [1.54, 1.807) is 16.9 Å². The van der Waals surface area contributed by atoms with Crippen LogP contribution < -0.4 is 5.32 Å². The van der Waals surface area contributed by atoms with E-state index < -0.39 is 10.8 Å². The molecule has 0 fully saturated rings.